The molecule has 20 heavy (non-hydrogen) atoms. The lowest BCUT2D eigenvalue weighted by Gasteiger charge is -2.24. The standard InChI is InChI=1S/C14H21N3O3/c1-17(2)14(18)10-3-4-13(12(15)7-10)16-8-11-9-19-5-6-20-11/h3-4,7,11,16H,5-6,8-9,15H2,1-2H3. The molecule has 1 unspecified atom stereocenters. The first kappa shape index (κ1) is 14.6. The van der Waals surface area contributed by atoms with E-state index in [4.69, 9.17) is 15.2 Å². The topological polar surface area (TPSA) is 76.8 Å². The Balaban J connectivity index is 1.97. The lowest BCUT2D eigenvalue weighted by atomic mass is 10.1. The van der Waals surface area contributed by atoms with Gasteiger partial charge >= 0.3 is 0 Å². The van der Waals surface area contributed by atoms with Crippen molar-refractivity contribution in [3.63, 3.8) is 0 Å². The summed E-state index contributed by atoms with van der Waals surface area (Å²) in [5.41, 5.74) is 7.90. The van der Waals surface area contributed by atoms with Crippen LogP contribution in [0.4, 0.5) is 11.4 Å². The van der Waals surface area contributed by atoms with Crippen LogP contribution in [0.5, 0.6) is 0 Å². The SMILES string of the molecule is CN(C)C(=O)c1ccc(NCC2COCCO2)c(N)c1. The summed E-state index contributed by atoms with van der Waals surface area (Å²) >= 11 is 0. The molecule has 1 fully saturated rings. The van der Waals surface area contributed by atoms with E-state index in [0.29, 0.717) is 37.6 Å². The van der Waals surface area contributed by atoms with Crippen LogP contribution in [-0.4, -0.2) is 57.4 Å². The zero-order valence-corrected chi connectivity index (χ0v) is 11.9. The van der Waals surface area contributed by atoms with Crippen molar-refractivity contribution in [2.45, 2.75) is 6.10 Å². The van der Waals surface area contributed by atoms with Gasteiger partial charge in [0.15, 0.2) is 0 Å². The molecule has 6 nitrogen and oxygen atoms in total. The van der Waals surface area contributed by atoms with E-state index in [9.17, 15) is 4.79 Å². The Morgan fingerprint density at radius 1 is 1.45 bits per heavy atom. The molecule has 1 amide bonds. The molecule has 1 aromatic carbocycles. The molecular formula is C14H21N3O3. The monoisotopic (exact) mass is 279 g/mol. The third-order valence-electron chi connectivity index (χ3n) is 3.11. The molecule has 0 aliphatic carbocycles. The van der Waals surface area contributed by atoms with Crippen molar-refractivity contribution in [2.75, 3.05) is 51.5 Å². The molecular weight excluding hydrogens is 258 g/mol. The van der Waals surface area contributed by atoms with E-state index in [1.54, 1.807) is 26.2 Å². The number of hydrogen-bond acceptors (Lipinski definition) is 5. The molecule has 1 aliphatic rings. The van der Waals surface area contributed by atoms with Crippen molar-refractivity contribution < 1.29 is 14.3 Å². The summed E-state index contributed by atoms with van der Waals surface area (Å²) in [4.78, 5) is 13.3. The van der Waals surface area contributed by atoms with E-state index in [0.717, 1.165) is 5.69 Å². The van der Waals surface area contributed by atoms with Gasteiger partial charge in [-0.05, 0) is 18.2 Å². The van der Waals surface area contributed by atoms with Gasteiger partial charge in [0, 0.05) is 26.2 Å². The maximum atomic E-state index is 11.8. The zero-order valence-electron chi connectivity index (χ0n) is 11.9. The number of nitrogens with two attached hydrogens (primary N) is 1. The summed E-state index contributed by atoms with van der Waals surface area (Å²) in [6.07, 6.45) is 0.0335. The van der Waals surface area contributed by atoms with Gasteiger partial charge in [0.2, 0.25) is 0 Å². The number of amides is 1. The number of benzene rings is 1. The van der Waals surface area contributed by atoms with Gasteiger partial charge in [-0.3, -0.25) is 4.79 Å². The number of rotatable bonds is 4. The minimum Gasteiger partial charge on any atom is -0.397 e. The van der Waals surface area contributed by atoms with Crippen LogP contribution in [0.15, 0.2) is 18.2 Å². The van der Waals surface area contributed by atoms with Gasteiger partial charge in [-0.1, -0.05) is 0 Å². The van der Waals surface area contributed by atoms with E-state index in [2.05, 4.69) is 5.32 Å². The van der Waals surface area contributed by atoms with Crippen LogP contribution in [-0.2, 0) is 9.47 Å². The molecule has 0 radical (unpaired) electrons. The van der Waals surface area contributed by atoms with Crippen molar-refractivity contribution in [1.29, 1.82) is 0 Å². The molecule has 3 N–H and O–H groups in total. The number of nitrogens with zero attached hydrogens (tertiary/aromatic N) is 1. The maximum absolute atomic E-state index is 11.8. The second-order valence-electron chi connectivity index (χ2n) is 4.95. The van der Waals surface area contributed by atoms with Gasteiger partial charge in [0.1, 0.15) is 0 Å². The van der Waals surface area contributed by atoms with Gasteiger partial charge < -0.3 is 25.4 Å². The molecule has 2 rings (SSSR count). The number of anilines is 2. The molecule has 0 saturated carbocycles. The second-order valence-corrected chi connectivity index (χ2v) is 4.95. The summed E-state index contributed by atoms with van der Waals surface area (Å²) in [5, 5.41) is 3.22. The highest BCUT2D eigenvalue weighted by Gasteiger charge is 2.15. The Labute approximate surface area is 118 Å². The first-order valence-electron chi connectivity index (χ1n) is 6.62. The third-order valence-corrected chi connectivity index (χ3v) is 3.11. The molecule has 0 aromatic heterocycles. The van der Waals surface area contributed by atoms with Crippen molar-refractivity contribution in [1.82, 2.24) is 4.90 Å². The highest BCUT2D eigenvalue weighted by atomic mass is 16.6. The number of carbonyl (C=O) groups excluding carboxylic acids is 1. The lowest BCUT2D eigenvalue weighted by molar-refractivity contribution is -0.0818. The largest absolute Gasteiger partial charge is 0.397 e. The van der Waals surface area contributed by atoms with Gasteiger partial charge in [-0.15, -0.1) is 0 Å². The molecule has 1 saturated heterocycles. The van der Waals surface area contributed by atoms with Crippen LogP contribution in [0.3, 0.4) is 0 Å². The first-order valence-corrected chi connectivity index (χ1v) is 6.62. The molecule has 1 heterocycles. The van der Waals surface area contributed by atoms with E-state index < -0.39 is 0 Å². The quantitative estimate of drug-likeness (QED) is 0.797. The predicted molar refractivity (Wildman–Crippen MR) is 77.9 cm³/mol. The molecule has 1 aromatic rings. The van der Waals surface area contributed by atoms with Crippen molar-refractivity contribution in [3.8, 4) is 0 Å². The minimum atomic E-state index is -0.0627. The summed E-state index contributed by atoms with van der Waals surface area (Å²) in [7, 11) is 3.43. The fourth-order valence-corrected chi connectivity index (χ4v) is 1.99. The fraction of sp³-hybridized carbons (Fsp3) is 0.500. The lowest BCUT2D eigenvalue weighted by Crippen LogP contribution is -2.34. The predicted octanol–water partition coefficient (Wildman–Crippen LogP) is 0.798. The molecule has 0 bridgehead atoms. The Morgan fingerprint density at radius 3 is 2.85 bits per heavy atom. The highest BCUT2D eigenvalue weighted by molar-refractivity contribution is 5.95. The summed E-state index contributed by atoms with van der Waals surface area (Å²) in [6.45, 7) is 2.49. The number of carbonyl (C=O) groups is 1. The van der Waals surface area contributed by atoms with Crippen molar-refractivity contribution in [2.24, 2.45) is 0 Å². The average molecular weight is 279 g/mol. The fourth-order valence-electron chi connectivity index (χ4n) is 1.99. The average Bonchev–Trinajstić information content (AvgIpc) is 2.46. The zero-order chi connectivity index (χ0) is 14.5. The number of nitrogens with one attached hydrogen (secondary N) is 1. The van der Waals surface area contributed by atoms with Crippen molar-refractivity contribution >= 4 is 17.3 Å². The summed E-state index contributed by atoms with van der Waals surface area (Å²) < 4.78 is 10.9. The Bertz CT molecular complexity index is 471. The van der Waals surface area contributed by atoms with Gasteiger partial charge in [0.25, 0.3) is 5.91 Å². The van der Waals surface area contributed by atoms with E-state index in [-0.39, 0.29) is 12.0 Å². The van der Waals surface area contributed by atoms with E-state index >= 15 is 0 Å². The number of ether oxygens (including phenoxy) is 2. The smallest absolute Gasteiger partial charge is 0.253 e. The maximum Gasteiger partial charge on any atom is 0.253 e. The Hall–Kier alpha value is -1.79. The van der Waals surface area contributed by atoms with Gasteiger partial charge in [0.05, 0.1) is 37.3 Å². The van der Waals surface area contributed by atoms with Crippen molar-refractivity contribution in [3.05, 3.63) is 23.8 Å². The normalized spacial score (nSPS) is 18.6. The van der Waals surface area contributed by atoms with Crippen LogP contribution in [0, 0.1) is 0 Å². The molecule has 6 heteroatoms. The Morgan fingerprint density at radius 2 is 2.25 bits per heavy atom. The van der Waals surface area contributed by atoms with Gasteiger partial charge in [-0.2, -0.15) is 0 Å². The van der Waals surface area contributed by atoms with Crippen LogP contribution in [0.1, 0.15) is 10.4 Å². The van der Waals surface area contributed by atoms with Crippen LogP contribution in [0.25, 0.3) is 0 Å². The van der Waals surface area contributed by atoms with Gasteiger partial charge in [-0.25, -0.2) is 0 Å². The summed E-state index contributed by atoms with van der Waals surface area (Å²) in [6, 6.07) is 5.26. The second kappa shape index (κ2) is 6.58. The Kier molecular flexibility index (Phi) is 4.81. The molecule has 1 atom stereocenters. The molecule has 1 aliphatic heterocycles. The number of nitrogen functional groups attached to an aromatic ring is 1. The highest BCUT2D eigenvalue weighted by Crippen LogP contribution is 2.20. The third kappa shape index (κ3) is 3.61. The minimum absolute atomic E-state index is 0.0335. The summed E-state index contributed by atoms with van der Waals surface area (Å²) in [5.74, 6) is -0.0627. The van der Waals surface area contributed by atoms with Crippen LogP contribution in [0.2, 0.25) is 0 Å². The van der Waals surface area contributed by atoms with Crippen LogP contribution < -0.4 is 11.1 Å². The number of hydrogen-bond donors (Lipinski definition) is 2. The molecule has 110 valence electrons. The molecule has 0 spiro atoms. The van der Waals surface area contributed by atoms with Crippen LogP contribution >= 0.6 is 0 Å². The van der Waals surface area contributed by atoms with E-state index in [1.807, 2.05) is 6.07 Å². The van der Waals surface area contributed by atoms with E-state index in [1.165, 1.54) is 4.90 Å². The first-order chi connectivity index (χ1) is 9.58.